The number of aliphatic hydroxyl groups excluding tert-OH is 1. The van der Waals surface area contributed by atoms with E-state index in [2.05, 4.69) is 10.5 Å². The number of rotatable bonds is 6. The average molecular weight is 423 g/mol. The lowest BCUT2D eigenvalue weighted by Gasteiger charge is -2.40. The number of likely N-dealkylation sites (tertiary alicyclic amines) is 1. The third-order valence-electron chi connectivity index (χ3n) is 5.49. The Labute approximate surface area is 171 Å². The molecular weight excluding hydrogens is 400 g/mol. The second-order valence-corrected chi connectivity index (χ2v) is 7.49. The van der Waals surface area contributed by atoms with E-state index in [0.717, 1.165) is 6.07 Å². The summed E-state index contributed by atoms with van der Waals surface area (Å²) < 4.78 is 32.0. The Kier molecular flexibility index (Phi) is 6.47. The summed E-state index contributed by atoms with van der Waals surface area (Å²) in [5.41, 5.74) is -0.190. The zero-order valence-electron chi connectivity index (χ0n) is 16.5. The van der Waals surface area contributed by atoms with Crippen LogP contribution in [0.2, 0.25) is 0 Å². The summed E-state index contributed by atoms with van der Waals surface area (Å²) in [6.45, 7) is 4.14. The maximum absolute atomic E-state index is 13.9. The van der Waals surface area contributed by atoms with Crippen LogP contribution in [0.15, 0.2) is 28.8 Å². The van der Waals surface area contributed by atoms with Crippen molar-refractivity contribution in [3.63, 3.8) is 0 Å². The van der Waals surface area contributed by atoms with Gasteiger partial charge in [0.2, 0.25) is 0 Å². The van der Waals surface area contributed by atoms with Gasteiger partial charge < -0.3 is 20.1 Å². The first-order chi connectivity index (χ1) is 14.2. The first kappa shape index (κ1) is 21.8. The van der Waals surface area contributed by atoms with Gasteiger partial charge in [0.05, 0.1) is 17.6 Å². The van der Waals surface area contributed by atoms with Crippen molar-refractivity contribution >= 4 is 11.9 Å². The number of aromatic nitrogens is 1. The van der Waals surface area contributed by atoms with Crippen molar-refractivity contribution in [2.75, 3.05) is 13.1 Å². The lowest BCUT2D eigenvalue weighted by molar-refractivity contribution is -0.145. The maximum Gasteiger partial charge on any atom is 0.309 e. The van der Waals surface area contributed by atoms with Gasteiger partial charge >= 0.3 is 5.97 Å². The molecule has 2 aromatic rings. The van der Waals surface area contributed by atoms with Gasteiger partial charge in [0.25, 0.3) is 5.91 Å². The second kappa shape index (κ2) is 8.88. The van der Waals surface area contributed by atoms with Crippen LogP contribution in [0.1, 0.15) is 30.8 Å². The Morgan fingerprint density at radius 1 is 1.30 bits per heavy atom. The molecule has 0 bridgehead atoms. The summed E-state index contributed by atoms with van der Waals surface area (Å²) in [4.78, 5) is 26.2. The van der Waals surface area contributed by atoms with Gasteiger partial charge in [0.15, 0.2) is 11.5 Å². The second-order valence-electron chi connectivity index (χ2n) is 7.49. The third-order valence-corrected chi connectivity index (χ3v) is 5.49. The van der Waals surface area contributed by atoms with Gasteiger partial charge in [0.1, 0.15) is 11.6 Å². The molecule has 3 rings (SSSR count). The number of aliphatic carboxylic acids is 1. The van der Waals surface area contributed by atoms with Crippen molar-refractivity contribution in [1.82, 2.24) is 15.4 Å². The van der Waals surface area contributed by atoms with Gasteiger partial charge in [-0.3, -0.25) is 14.5 Å². The predicted octanol–water partition coefficient (Wildman–Crippen LogP) is 1.89. The number of carboxylic acids is 1. The van der Waals surface area contributed by atoms with Crippen molar-refractivity contribution in [2.24, 2.45) is 5.92 Å². The fraction of sp³-hybridized carbons (Fsp3) is 0.450. The molecule has 0 saturated carbocycles. The Bertz CT molecular complexity index is 933. The Hall–Kier alpha value is -2.85. The molecule has 0 spiro atoms. The van der Waals surface area contributed by atoms with Crippen molar-refractivity contribution in [3.05, 3.63) is 41.6 Å². The number of aliphatic hydroxyl groups is 1. The first-order valence-electron chi connectivity index (χ1n) is 9.55. The molecule has 1 aliphatic heterocycles. The minimum Gasteiger partial charge on any atom is -0.481 e. The lowest BCUT2D eigenvalue weighted by Crippen LogP contribution is -2.56. The topological polar surface area (TPSA) is 116 Å². The molecule has 8 nitrogen and oxygen atoms in total. The molecule has 30 heavy (non-hydrogen) atoms. The van der Waals surface area contributed by atoms with E-state index in [0.29, 0.717) is 19.0 Å². The van der Waals surface area contributed by atoms with Gasteiger partial charge in [-0.05, 0) is 32.4 Å². The van der Waals surface area contributed by atoms with E-state index >= 15 is 0 Å². The van der Waals surface area contributed by atoms with Crippen LogP contribution in [0.3, 0.4) is 0 Å². The van der Waals surface area contributed by atoms with Gasteiger partial charge in [-0.2, -0.15) is 0 Å². The molecule has 1 aromatic carbocycles. The number of halogens is 2. The van der Waals surface area contributed by atoms with E-state index in [1.807, 2.05) is 11.8 Å². The maximum atomic E-state index is 13.9. The highest BCUT2D eigenvalue weighted by Gasteiger charge is 2.37. The van der Waals surface area contributed by atoms with Gasteiger partial charge in [-0.1, -0.05) is 5.16 Å². The van der Waals surface area contributed by atoms with Crippen LogP contribution in [0, 0.1) is 17.6 Å². The van der Waals surface area contributed by atoms with Crippen LogP contribution in [0.25, 0.3) is 11.3 Å². The van der Waals surface area contributed by atoms with Crippen LogP contribution in [-0.4, -0.2) is 63.4 Å². The molecule has 1 amide bonds. The molecule has 10 heteroatoms. The number of hydrogen-bond donors (Lipinski definition) is 3. The molecule has 3 N–H and O–H groups in total. The van der Waals surface area contributed by atoms with E-state index < -0.39 is 41.6 Å². The summed E-state index contributed by atoms with van der Waals surface area (Å²) in [7, 11) is 0. The number of amides is 1. The molecule has 2 heterocycles. The normalized spacial score (nSPS) is 21.8. The van der Waals surface area contributed by atoms with Crippen molar-refractivity contribution in [3.8, 4) is 11.3 Å². The number of nitrogens with one attached hydrogen (secondary N) is 1. The average Bonchev–Trinajstić information content (AvgIpc) is 3.17. The highest BCUT2D eigenvalue weighted by molar-refractivity contribution is 5.93. The summed E-state index contributed by atoms with van der Waals surface area (Å²) in [6.07, 6.45) is -0.247. The van der Waals surface area contributed by atoms with Crippen molar-refractivity contribution in [1.29, 1.82) is 0 Å². The lowest BCUT2D eigenvalue weighted by atomic mass is 9.90. The number of benzene rings is 1. The van der Waals surface area contributed by atoms with Crippen LogP contribution in [0.5, 0.6) is 0 Å². The van der Waals surface area contributed by atoms with E-state index in [1.165, 1.54) is 12.1 Å². The molecule has 0 aliphatic carbocycles. The number of carbonyl (C=O) groups is 2. The molecule has 1 saturated heterocycles. The zero-order valence-corrected chi connectivity index (χ0v) is 16.5. The third kappa shape index (κ3) is 4.65. The van der Waals surface area contributed by atoms with Crippen LogP contribution < -0.4 is 5.32 Å². The Morgan fingerprint density at radius 2 is 2.03 bits per heavy atom. The SMILES string of the molecule is C[C@H](O)[C@H](C)N1CC[C@H](NC(=O)c2cc(-c3ccc(F)cc3F)on2)[C@@H](C(=O)O)C1. The minimum absolute atomic E-state index is 0.0481. The standard InChI is InChI=1S/C20H23F2N3O5/c1-10(11(2)26)25-6-5-16(14(9-25)20(28)29)23-19(27)17-8-18(30-24-17)13-4-3-12(21)7-15(13)22/h3-4,7-8,10-11,14,16,26H,5-6,9H2,1-2H3,(H,23,27)(H,28,29)/t10-,11-,14-,16-/m0/s1. The van der Waals surface area contributed by atoms with Crippen LogP contribution >= 0.6 is 0 Å². The smallest absolute Gasteiger partial charge is 0.309 e. The van der Waals surface area contributed by atoms with E-state index in [-0.39, 0.29) is 29.6 Å². The van der Waals surface area contributed by atoms with Gasteiger partial charge in [0, 0.05) is 37.3 Å². The molecule has 0 radical (unpaired) electrons. The largest absolute Gasteiger partial charge is 0.481 e. The number of hydrogen-bond acceptors (Lipinski definition) is 6. The summed E-state index contributed by atoms with van der Waals surface area (Å²) in [6, 6.07) is 3.28. The number of carbonyl (C=O) groups excluding carboxylic acids is 1. The Morgan fingerprint density at radius 3 is 2.67 bits per heavy atom. The van der Waals surface area contributed by atoms with Crippen molar-refractivity contribution in [2.45, 2.75) is 38.5 Å². The number of carboxylic acid groups (broad SMARTS) is 1. The van der Waals surface area contributed by atoms with E-state index in [4.69, 9.17) is 4.52 Å². The predicted molar refractivity (Wildman–Crippen MR) is 102 cm³/mol. The molecule has 0 unspecified atom stereocenters. The quantitative estimate of drug-likeness (QED) is 0.650. The molecular formula is C20H23F2N3O5. The summed E-state index contributed by atoms with van der Waals surface area (Å²) in [5, 5.41) is 25.6. The zero-order chi connectivity index (χ0) is 22.0. The molecule has 1 fully saturated rings. The fourth-order valence-corrected chi connectivity index (χ4v) is 3.52. The molecule has 4 atom stereocenters. The van der Waals surface area contributed by atoms with Gasteiger partial charge in [-0.25, -0.2) is 8.78 Å². The van der Waals surface area contributed by atoms with Crippen molar-refractivity contribution < 1.29 is 33.1 Å². The number of nitrogens with zero attached hydrogens (tertiary/aromatic N) is 2. The fourth-order valence-electron chi connectivity index (χ4n) is 3.52. The van der Waals surface area contributed by atoms with Gasteiger partial charge in [-0.15, -0.1) is 0 Å². The highest BCUT2D eigenvalue weighted by atomic mass is 19.1. The monoisotopic (exact) mass is 423 g/mol. The minimum atomic E-state index is -1.06. The summed E-state index contributed by atoms with van der Waals surface area (Å²) >= 11 is 0. The molecule has 162 valence electrons. The summed E-state index contributed by atoms with van der Waals surface area (Å²) in [5.74, 6) is -4.23. The first-order valence-corrected chi connectivity index (χ1v) is 9.55. The number of piperidine rings is 1. The molecule has 1 aliphatic rings. The molecule has 1 aromatic heterocycles. The highest BCUT2D eigenvalue weighted by Crippen LogP contribution is 2.25. The van der Waals surface area contributed by atoms with Crippen LogP contribution in [0.4, 0.5) is 8.78 Å². The van der Waals surface area contributed by atoms with E-state index in [9.17, 15) is 28.6 Å². The van der Waals surface area contributed by atoms with Crippen LogP contribution in [-0.2, 0) is 4.79 Å². The Balaban J connectivity index is 1.71. The van der Waals surface area contributed by atoms with E-state index in [1.54, 1.807) is 6.92 Å².